The summed E-state index contributed by atoms with van der Waals surface area (Å²) in [4.78, 5) is 12.1. The summed E-state index contributed by atoms with van der Waals surface area (Å²) in [6.07, 6.45) is 0. The molecule has 0 unspecified atom stereocenters. The fourth-order valence-corrected chi connectivity index (χ4v) is 2.44. The molecule has 0 bridgehead atoms. The molecule has 0 saturated carbocycles. The van der Waals surface area contributed by atoms with Crippen molar-refractivity contribution in [2.75, 3.05) is 26.0 Å². The van der Waals surface area contributed by atoms with E-state index in [9.17, 15) is 0 Å². The minimum absolute atomic E-state index is 0. The molecule has 7 heteroatoms. The molecule has 0 spiro atoms. The van der Waals surface area contributed by atoms with E-state index in [0.29, 0.717) is 6.54 Å². The molecule has 2 heterocycles. The van der Waals surface area contributed by atoms with Crippen LogP contribution < -0.4 is 15.5 Å². The second kappa shape index (κ2) is 9.62. The first-order valence-corrected chi connectivity index (χ1v) is 7.67. The van der Waals surface area contributed by atoms with Gasteiger partial charge in [-0.25, -0.2) is 4.98 Å². The van der Waals surface area contributed by atoms with E-state index in [1.807, 2.05) is 37.2 Å². The van der Waals surface area contributed by atoms with Crippen molar-refractivity contribution < 1.29 is 0 Å². The molecule has 0 saturated heterocycles. The van der Waals surface area contributed by atoms with Crippen LogP contribution in [0.15, 0.2) is 40.7 Å². The van der Waals surface area contributed by atoms with E-state index >= 15 is 0 Å². The number of nitrogens with zero attached hydrogens (tertiary/aromatic N) is 3. The third-order valence-corrected chi connectivity index (χ3v) is 3.80. The van der Waals surface area contributed by atoms with E-state index in [4.69, 9.17) is 0 Å². The number of nitrogens with one attached hydrogen (secondary N) is 2. The van der Waals surface area contributed by atoms with Gasteiger partial charge in [0.25, 0.3) is 0 Å². The van der Waals surface area contributed by atoms with Crippen LogP contribution in [-0.4, -0.2) is 32.1 Å². The average Bonchev–Trinajstić information content (AvgIpc) is 3.01. The molecule has 2 aromatic heterocycles. The maximum atomic E-state index is 4.57. The zero-order chi connectivity index (χ0) is 15.1. The van der Waals surface area contributed by atoms with Crippen molar-refractivity contribution in [1.82, 2.24) is 15.6 Å². The SMILES string of the molecule is CN=C(NCc1cccc(N(C)C)n1)NCc1cccs1.I. The van der Waals surface area contributed by atoms with Crippen LogP contribution in [0.4, 0.5) is 5.82 Å². The lowest BCUT2D eigenvalue weighted by atomic mass is 10.3. The van der Waals surface area contributed by atoms with Gasteiger partial charge in [0.2, 0.25) is 0 Å². The fourth-order valence-electron chi connectivity index (χ4n) is 1.79. The smallest absolute Gasteiger partial charge is 0.191 e. The third kappa shape index (κ3) is 5.80. The number of aliphatic imine (C=N–C) groups is 1. The van der Waals surface area contributed by atoms with Crippen molar-refractivity contribution in [3.63, 3.8) is 0 Å². The molecule has 0 aliphatic heterocycles. The van der Waals surface area contributed by atoms with Crippen LogP contribution >= 0.6 is 35.3 Å². The summed E-state index contributed by atoms with van der Waals surface area (Å²) in [5.41, 5.74) is 0.986. The first-order chi connectivity index (χ1) is 10.2. The summed E-state index contributed by atoms with van der Waals surface area (Å²) in [6, 6.07) is 10.2. The Balaban J connectivity index is 0.00000242. The van der Waals surface area contributed by atoms with Crippen molar-refractivity contribution in [2.24, 2.45) is 4.99 Å². The lowest BCUT2D eigenvalue weighted by molar-refractivity contribution is 0.797. The van der Waals surface area contributed by atoms with Gasteiger partial charge in [-0.05, 0) is 23.6 Å². The molecule has 0 aliphatic rings. The summed E-state index contributed by atoms with van der Waals surface area (Å²) in [5, 5.41) is 8.64. The van der Waals surface area contributed by atoms with Gasteiger partial charge >= 0.3 is 0 Å². The number of anilines is 1. The minimum Gasteiger partial charge on any atom is -0.363 e. The highest BCUT2D eigenvalue weighted by Gasteiger charge is 2.02. The predicted octanol–water partition coefficient (Wildman–Crippen LogP) is 2.69. The van der Waals surface area contributed by atoms with Crippen LogP contribution in [0, 0.1) is 0 Å². The maximum absolute atomic E-state index is 4.57. The number of hydrogen-bond acceptors (Lipinski definition) is 4. The van der Waals surface area contributed by atoms with E-state index in [2.05, 4.69) is 38.1 Å². The Morgan fingerprint density at radius 3 is 2.59 bits per heavy atom. The highest BCUT2D eigenvalue weighted by molar-refractivity contribution is 14.0. The van der Waals surface area contributed by atoms with Gasteiger partial charge in [-0.1, -0.05) is 12.1 Å². The Bertz CT molecular complexity index is 583. The van der Waals surface area contributed by atoms with Crippen LogP contribution in [0.5, 0.6) is 0 Å². The number of thiophene rings is 1. The van der Waals surface area contributed by atoms with E-state index in [1.54, 1.807) is 18.4 Å². The van der Waals surface area contributed by atoms with Crippen LogP contribution in [0.25, 0.3) is 0 Å². The molecular formula is C15H22IN5S. The molecule has 0 radical (unpaired) electrons. The van der Waals surface area contributed by atoms with E-state index in [1.165, 1.54) is 4.88 Å². The van der Waals surface area contributed by atoms with Crippen LogP contribution in [0.3, 0.4) is 0 Å². The Kier molecular flexibility index (Phi) is 8.18. The normalized spacial score (nSPS) is 10.8. The van der Waals surface area contributed by atoms with Gasteiger partial charge in [0.15, 0.2) is 5.96 Å². The molecule has 2 N–H and O–H groups in total. The van der Waals surface area contributed by atoms with Crippen LogP contribution in [0.2, 0.25) is 0 Å². The summed E-state index contributed by atoms with van der Waals surface area (Å²) in [7, 11) is 5.75. The van der Waals surface area contributed by atoms with E-state index in [0.717, 1.165) is 24.0 Å². The first kappa shape index (κ1) is 18.7. The third-order valence-electron chi connectivity index (χ3n) is 2.92. The molecule has 2 aromatic rings. The molecule has 0 aliphatic carbocycles. The van der Waals surface area contributed by atoms with Crippen molar-refractivity contribution in [3.8, 4) is 0 Å². The second-order valence-corrected chi connectivity index (χ2v) is 5.77. The molecule has 5 nitrogen and oxygen atoms in total. The summed E-state index contributed by atoms with van der Waals surface area (Å²) < 4.78 is 0. The largest absolute Gasteiger partial charge is 0.363 e. The van der Waals surface area contributed by atoms with Crippen LogP contribution in [0.1, 0.15) is 10.6 Å². The maximum Gasteiger partial charge on any atom is 0.191 e. The van der Waals surface area contributed by atoms with Crippen LogP contribution in [-0.2, 0) is 13.1 Å². The van der Waals surface area contributed by atoms with Gasteiger partial charge in [-0.15, -0.1) is 35.3 Å². The molecule has 0 fully saturated rings. The van der Waals surface area contributed by atoms with Gasteiger partial charge < -0.3 is 15.5 Å². The van der Waals surface area contributed by atoms with Crippen molar-refractivity contribution in [1.29, 1.82) is 0 Å². The van der Waals surface area contributed by atoms with Crippen molar-refractivity contribution in [2.45, 2.75) is 13.1 Å². The molecule has 120 valence electrons. The standard InChI is InChI=1S/C15H21N5S.HI/c1-16-15(18-11-13-7-5-9-21-13)17-10-12-6-4-8-14(19-12)20(2)3;/h4-9H,10-11H2,1-3H3,(H2,16,17,18);1H. The summed E-state index contributed by atoms with van der Waals surface area (Å²) in [6.45, 7) is 1.42. The minimum atomic E-state index is 0. The van der Waals surface area contributed by atoms with Crippen molar-refractivity contribution >= 4 is 47.1 Å². The number of halogens is 1. The Morgan fingerprint density at radius 1 is 1.18 bits per heavy atom. The quantitative estimate of drug-likeness (QED) is 0.434. The monoisotopic (exact) mass is 431 g/mol. The zero-order valence-electron chi connectivity index (χ0n) is 13.0. The first-order valence-electron chi connectivity index (χ1n) is 6.79. The molecule has 0 atom stereocenters. The van der Waals surface area contributed by atoms with E-state index in [-0.39, 0.29) is 24.0 Å². The topological polar surface area (TPSA) is 52.6 Å². The number of rotatable bonds is 5. The highest BCUT2D eigenvalue weighted by atomic mass is 127. The molecular weight excluding hydrogens is 409 g/mol. The fraction of sp³-hybridized carbons (Fsp3) is 0.333. The van der Waals surface area contributed by atoms with Gasteiger partial charge in [0, 0.05) is 26.0 Å². The predicted molar refractivity (Wildman–Crippen MR) is 105 cm³/mol. The zero-order valence-corrected chi connectivity index (χ0v) is 16.2. The average molecular weight is 431 g/mol. The summed E-state index contributed by atoms with van der Waals surface area (Å²) >= 11 is 1.73. The van der Waals surface area contributed by atoms with Gasteiger partial charge in [0.05, 0.1) is 18.8 Å². The lowest BCUT2D eigenvalue weighted by Crippen LogP contribution is -2.36. The molecule has 2 rings (SSSR count). The Hall–Kier alpha value is -1.35. The van der Waals surface area contributed by atoms with E-state index < -0.39 is 0 Å². The van der Waals surface area contributed by atoms with Gasteiger partial charge in [0.1, 0.15) is 5.82 Å². The second-order valence-electron chi connectivity index (χ2n) is 4.74. The number of guanidine groups is 1. The highest BCUT2D eigenvalue weighted by Crippen LogP contribution is 2.08. The Morgan fingerprint density at radius 2 is 1.95 bits per heavy atom. The number of aromatic nitrogens is 1. The summed E-state index contributed by atoms with van der Waals surface area (Å²) in [5.74, 6) is 1.73. The van der Waals surface area contributed by atoms with Gasteiger partial charge in [-0.3, -0.25) is 4.99 Å². The van der Waals surface area contributed by atoms with Crippen molar-refractivity contribution in [3.05, 3.63) is 46.3 Å². The number of pyridine rings is 1. The molecule has 0 aromatic carbocycles. The van der Waals surface area contributed by atoms with Gasteiger partial charge in [-0.2, -0.15) is 0 Å². The molecule has 0 amide bonds. The lowest BCUT2D eigenvalue weighted by Gasteiger charge is -2.14. The Labute approximate surface area is 152 Å². The number of hydrogen-bond donors (Lipinski definition) is 2. The molecule has 22 heavy (non-hydrogen) atoms.